The Hall–Kier alpha value is -2.92. The third kappa shape index (κ3) is 8.12. The lowest BCUT2D eigenvalue weighted by molar-refractivity contribution is -0.192. The largest absolute Gasteiger partial charge is 0.490 e. The van der Waals surface area contributed by atoms with Crippen LogP contribution >= 0.6 is 15.9 Å². The quantitative estimate of drug-likeness (QED) is 0.393. The van der Waals surface area contributed by atoms with Crippen LogP contribution < -0.4 is 5.32 Å². The van der Waals surface area contributed by atoms with Crippen LogP contribution in [0.1, 0.15) is 59.6 Å². The zero-order valence-corrected chi connectivity index (χ0v) is 25.2. The SMILES string of the molecule is Cc1cccc(Br)c1C(=O)N1CC2CN(CCC(NC(=O)C3CCCC3)c3ccccc3)C[C@H]2C1.O=C(O)C(F)(F)F. The second-order valence-corrected chi connectivity index (χ2v) is 12.3. The van der Waals surface area contributed by atoms with E-state index in [1.54, 1.807) is 0 Å². The van der Waals surface area contributed by atoms with Crippen molar-refractivity contribution >= 4 is 33.7 Å². The number of carboxylic acid groups (broad SMARTS) is 1. The summed E-state index contributed by atoms with van der Waals surface area (Å²) in [7, 11) is 0. The number of hydrogen-bond acceptors (Lipinski definition) is 4. The van der Waals surface area contributed by atoms with Gasteiger partial charge in [0.05, 0.1) is 11.6 Å². The zero-order valence-electron chi connectivity index (χ0n) is 23.6. The third-order valence-electron chi connectivity index (χ3n) is 8.51. The van der Waals surface area contributed by atoms with E-state index in [0.717, 1.165) is 67.6 Å². The zero-order chi connectivity index (χ0) is 30.4. The van der Waals surface area contributed by atoms with Gasteiger partial charge in [0.25, 0.3) is 5.91 Å². The van der Waals surface area contributed by atoms with Crippen molar-refractivity contribution in [3.8, 4) is 0 Å². The number of aliphatic carboxylic acids is 1. The molecule has 2 aromatic carbocycles. The highest BCUT2D eigenvalue weighted by atomic mass is 79.9. The summed E-state index contributed by atoms with van der Waals surface area (Å²) in [6.07, 6.45) is 0.227. The third-order valence-corrected chi connectivity index (χ3v) is 9.17. The van der Waals surface area contributed by atoms with Crippen LogP contribution in [0.25, 0.3) is 0 Å². The molecule has 3 aliphatic rings. The number of carbonyl (C=O) groups excluding carboxylic acids is 2. The molecule has 2 heterocycles. The molecule has 0 bridgehead atoms. The van der Waals surface area contributed by atoms with E-state index in [4.69, 9.17) is 9.90 Å². The molecule has 1 saturated carbocycles. The van der Waals surface area contributed by atoms with Crippen LogP contribution in [0, 0.1) is 24.7 Å². The van der Waals surface area contributed by atoms with Crippen LogP contribution in [0.5, 0.6) is 0 Å². The number of likely N-dealkylation sites (tertiary alicyclic amines) is 2. The Morgan fingerprint density at radius 2 is 1.57 bits per heavy atom. The number of halogens is 4. The van der Waals surface area contributed by atoms with Gasteiger partial charge in [-0.3, -0.25) is 9.59 Å². The van der Waals surface area contributed by atoms with E-state index < -0.39 is 12.1 Å². The smallest absolute Gasteiger partial charge is 0.475 e. The topological polar surface area (TPSA) is 90.0 Å². The molecular weight excluding hydrogens is 615 g/mol. The van der Waals surface area contributed by atoms with Gasteiger partial charge in [0.1, 0.15) is 0 Å². The van der Waals surface area contributed by atoms with Gasteiger partial charge in [-0.15, -0.1) is 0 Å². The van der Waals surface area contributed by atoms with Crippen LogP contribution in [0.15, 0.2) is 53.0 Å². The van der Waals surface area contributed by atoms with Crippen LogP contribution in [-0.2, 0) is 9.59 Å². The lowest BCUT2D eigenvalue weighted by atomic mass is 10.0. The molecule has 42 heavy (non-hydrogen) atoms. The minimum Gasteiger partial charge on any atom is -0.475 e. The van der Waals surface area contributed by atoms with Crippen molar-refractivity contribution in [2.75, 3.05) is 32.7 Å². The number of hydrogen-bond donors (Lipinski definition) is 2. The van der Waals surface area contributed by atoms with Gasteiger partial charge in [-0.05, 0) is 71.1 Å². The maximum atomic E-state index is 13.2. The number of alkyl halides is 3. The lowest BCUT2D eigenvalue weighted by Crippen LogP contribution is -2.36. The molecule has 2 saturated heterocycles. The standard InChI is InChI=1S/C29H36BrN3O2.C2HF3O2/c1-20-8-7-13-25(30)27(20)29(35)33-18-23-16-32(17-24(23)19-33)15-14-26(21-9-3-2-4-10-21)31-28(34)22-11-5-6-12-22;3-2(4,5)1(6)7/h2-4,7-10,13,22-24,26H,5-6,11-12,14-19H2,1H3,(H,31,34);(H,6,7)/t23-,24?,26?;/m0./s1. The van der Waals surface area contributed by atoms with E-state index in [0.29, 0.717) is 11.8 Å². The predicted octanol–water partition coefficient (Wildman–Crippen LogP) is 5.83. The van der Waals surface area contributed by atoms with Gasteiger partial charge < -0.3 is 20.2 Å². The first-order chi connectivity index (χ1) is 19.9. The van der Waals surface area contributed by atoms with Crippen molar-refractivity contribution in [1.82, 2.24) is 15.1 Å². The van der Waals surface area contributed by atoms with Crippen molar-refractivity contribution in [1.29, 1.82) is 0 Å². The minimum absolute atomic E-state index is 0.0567. The van der Waals surface area contributed by atoms with Crippen LogP contribution in [0.4, 0.5) is 13.2 Å². The van der Waals surface area contributed by atoms with E-state index in [1.165, 1.54) is 18.4 Å². The average Bonchev–Trinajstić information content (AvgIpc) is 3.69. The molecule has 0 radical (unpaired) electrons. The fraction of sp³-hybridized carbons (Fsp3) is 0.516. The molecule has 3 fully saturated rings. The Morgan fingerprint density at radius 1 is 0.976 bits per heavy atom. The summed E-state index contributed by atoms with van der Waals surface area (Å²) in [5.41, 5.74) is 3.02. The molecule has 2 aromatic rings. The number of fused-ring (bicyclic) bond motifs is 1. The first-order valence-corrected chi connectivity index (χ1v) is 15.2. The van der Waals surface area contributed by atoms with Crippen LogP contribution in [0.2, 0.25) is 0 Å². The highest BCUT2D eigenvalue weighted by Gasteiger charge is 2.42. The van der Waals surface area contributed by atoms with Gasteiger partial charge >= 0.3 is 12.1 Å². The van der Waals surface area contributed by atoms with Gasteiger partial charge in [0.15, 0.2) is 0 Å². The summed E-state index contributed by atoms with van der Waals surface area (Å²) < 4.78 is 32.6. The molecule has 0 spiro atoms. The first-order valence-electron chi connectivity index (χ1n) is 14.4. The molecule has 1 aliphatic carbocycles. The van der Waals surface area contributed by atoms with E-state index in [-0.39, 0.29) is 23.8 Å². The molecule has 2 N–H and O–H groups in total. The second kappa shape index (κ2) is 14.0. The van der Waals surface area contributed by atoms with Crippen molar-refractivity contribution in [3.05, 3.63) is 69.7 Å². The Morgan fingerprint density at radius 3 is 2.12 bits per heavy atom. The van der Waals surface area contributed by atoms with Gasteiger partial charge in [-0.1, -0.05) is 55.3 Å². The number of nitrogens with zero attached hydrogens (tertiary/aromatic N) is 2. The molecule has 0 aromatic heterocycles. The Kier molecular flexibility index (Phi) is 10.7. The Labute approximate surface area is 252 Å². The average molecular weight is 653 g/mol. The van der Waals surface area contributed by atoms with Crippen molar-refractivity contribution in [2.45, 2.75) is 51.2 Å². The first kappa shape index (κ1) is 32.0. The van der Waals surface area contributed by atoms with E-state index in [9.17, 15) is 22.8 Å². The van der Waals surface area contributed by atoms with Crippen molar-refractivity contribution in [3.63, 3.8) is 0 Å². The molecule has 2 unspecified atom stereocenters. The summed E-state index contributed by atoms with van der Waals surface area (Å²) in [6.45, 7) is 6.70. The summed E-state index contributed by atoms with van der Waals surface area (Å²) in [6, 6.07) is 16.4. The van der Waals surface area contributed by atoms with Gasteiger partial charge in [-0.25, -0.2) is 4.79 Å². The van der Waals surface area contributed by atoms with Crippen LogP contribution in [-0.4, -0.2) is 71.6 Å². The molecular formula is C31H37BrF3N3O4. The normalized spacial score (nSPS) is 21.4. The molecule has 3 atom stereocenters. The van der Waals surface area contributed by atoms with Gasteiger partial charge in [0.2, 0.25) is 5.91 Å². The van der Waals surface area contributed by atoms with Crippen molar-refractivity contribution < 1.29 is 32.7 Å². The number of nitrogens with one attached hydrogen (secondary N) is 1. The molecule has 228 valence electrons. The fourth-order valence-electron chi connectivity index (χ4n) is 6.30. The molecule has 2 amide bonds. The Bertz CT molecular complexity index is 1220. The number of rotatable bonds is 7. The number of carboxylic acids is 1. The minimum atomic E-state index is -5.08. The predicted molar refractivity (Wildman–Crippen MR) is 156 cm³/mol. The number of amides is 2. The molecule has 2 aliphatic heterocycles. The summed E-state index contributed by atoms with van der Waals surface area (Å²) in [4.78, 5) is 39.6. The maximum Gasteiger partial charge on any atom is 0.490 e. The lowest BCUT2D eigenvalue weighted by Gasteiger charge is -2.26. The number of aryl methyl sites for hydroxylation is 1. The van der Waals surface area contributed by atoms with Crippen molar-refractivity contribution in [2.24, 2.45) is 17.8 Å². The maximum absolute atomic E-state index is 13.2. The highest BCUT2D eigenvalue weighted by Crippen LogP contribution is 2.34. The molecule has 11 heteroatoms. The van der Waals surface area contributed by atoms with Gasteiger partial charge in [0, 0.05) is 43.1 Å². The fourth-order valence-corrected chi connectivity index (χ4v) is 6.93. The van der Waals surface area contributed by atoms with Gasteiger partial charge in [-0.2, -0.15) is 13.2 Å². The van der Waals surface area contributed by atoms with E-state index in [2.05, 4.69) is 50.4 Å². The number of carbonyl (C=O) groups is 3. The summed E-state index contributed by atoms with van der Waals surface area (Å²) >= 11 is 3.57. The summed E-state index contributed by atoms with van der Waals surface area (Å²) in [5, 5.41) is 10.5. The number of benzene rings is 2. The van der Waals surface area contributed by atoms with E-state index >= 15 is 0 Å². The monoisotopic (exact) mass is 651 g/mol. The Balaban J connectivity index is 0.000000517. The molecule has 5 rings (SSSR count). The van der Waals surface area contributed by atoms with Crippen LogP contribution in [0.3, 0.4) is 0 Å². The van der Waals surface area contributed by atoms with E-state index in [1.807, 2.05) is 36.1 Å². The highest BCUT2D eigenvalue weighted by molar-refractivity contribution is 9.10. The molecule has 7 nitrogen and oxygen atoms in total. The summed E-state index contributed by atoms with van der Waals surface area (Å²) in [5.74, 6) is -1.13. The second-order valence-electron chi connectivity index (χ2n) is 11.5.